The number of anilines is 1. The number of primary amides is 1. The molecule has 0 aliphatic rings. The van der Waals surface area contributed by atoms with Gasteiger partial charge in [-0.25, -0.2) is 9.97 Å². The molecule has 14 heavy (non-hydrogen) atoms. The second kappa shape index (κ2) is 4.55. The molecule has 76 valence electrons. The number of carbonyl (C=O) groups is 1. The number of nitrogens with one attached hydrogen (secondary N) is 1. The molecule has 5 heteroatoms. The monoisotopic (exact) mass is 194 g/mol. The first kappa shape index (κ1) is 10.4. The van der Waals surface area contributed by atoms with Crippen LogP contribution in [-0.2, 0) is 0 Å². The molecule has 3 N–H and O–H groups in total. The van der Waals surface area contributed by atoms with Crippen molar-refractivity contribution >= 4 is 11.9 Å². The van der Waals surface area contributed by atoms with Gasteiger partial charge < -0.3 is 11.1 Å². The lowest BCUT2D eigenvalue weighted by molar-refractivity contribution is 0.0999. The molecule has 0 aliphatic carbocycles. The molecule has 1 rings (SSSR count). The van der Waals surface area contributed by atoms with Crippen LogP contribution in [0.1, 0.15) is 24.2 Å². The van der Waals surface area contributed by atoms with E-state index in [0.717, 1.165) is 6.54 Å². The number of amides is 1. The summed E-state index contributed by atoms with van der Waals surface area (Å²) in [5.41, 5.74) is 5.37. The maximum atomic E-state index is 10.7. The fourth-order valence-corrected chi connectivity index (χ4v) is 0.842. The Labute approximate surface area is 82.7 Å². The van der Waals surface area contributed by atoms with Crippen molar-refractivity contribution in [1.82, 2.24) is 9.97 Å². The highest BCUT2D eigenvalue weighted by Crippen LogP contribution is 2.00. The molecule has 5 nitrogen and oxygen atoms in total. The van der Waals surface area contributed by atoms with E-state index in [9.17, 15) is 4.79 Å². The zero-order chi connectivity index (χ0) is 10.6. The molecular weight excluding hydrogens is 180 g/mol. The lowest BCUT2D eigenvalue weighted by Crippen LogP contribution is -2.14. The van der Waals surface area contributed by atoms with Gasteiger partial charge >= 0.3 is 0 Å². The zero-order valence-corrected chi connectivity index (χ0v) is 8.32. The van der Waals surface area contributed by atoms with Crippen LogP contribution in [0.15, 0.2) is 12.4 Å². The molecule has 1 amide bonds. The molecular formula is C9H14N4O. The molecule has 0 radical (unpaired) electrons. The minimum absolute atomic E-state index is 0.320. The summed E-state index contributed by atoms with van der Waals surface area (Å²) in [5.74, 6) is 0.526. The number of hydrogen-bond donors (Lipinski definition) is 2. The van der Waals surface area contributed by atoms with E-state index in [-0.39, 0.29) is 0 Å². The van der Waals surface area contributed by atoms with Gasteiger partial charge in [0.1, 0.15) is 0 Å². The van der Waals surface area contributed by atoms with Gasteiger partial charge in [-0.3, -0.25) is 4.79 Å². The molecule has 0 bridgehead atoms. The number of nitrogens with zero attached hydrogens (tertiary/aromatic N) is 2. The molecule has 0 atom stereocenters. The highest BCUT2D eigenvalue weighted by atomic mass is 16.1. The van der Waals surface area contributed by atoms with E-state index in [1.807, 2.05) is 0 Å². The van der Waals surface area contributed by atoms with Crippen molar-refractivity contribution in [1.29, 1.82) is 0 Å². The topological polar surface area (TPSA) is 80.9 Å². The predicted molar refractivity (Wildman–Crippen MR) is 53.9 cm³/mol. The summed E-state index contributed by atoms with van der Waals surface area (Å²) in [4.78, 5) is 18.6. The third-order valence-electron chi connectivity index (χ3n) is 1.60. The van der Waals surface area contributed by atoms with Crippen molar-refractivity contribution in [3.63, 3.8) is 0 Å². The summed E-state index contributed by atoms with van der Waals surface area (Å²) < 4.78 is 0. The van der Waals surface area contributed by atoms with Crippen LogP contribution in [0.2, 0.25) is 0 Å². The number of carbonyl (C=O) groups excluding carboxylic acids is 1. The fourth-order valence-electron chi connectivity index (χ4n) is 0.842. The van der Waals surface area contributed by atoms with Gasteiger partial charge in [-0.15, -0.1) is 0 Å². The fraction of sp³-hybridized carbons (Fsp3) is 0.444. The Morgan fingerprint density at radius 3 is 2.50 bits per heavy atom. The third kappa shape index (κ3) is 3.01. The summed E-state index contributed by atoms with van der Waals surface area (Å²) in [6.45, 7) is 4.98. The van der Waals surface area contributed by atoms with Gasteiger partial charge in [0.05, 0.1) is 5.56 Å². The lowest BCUT2D eigenvalue weighted by Gasteiger charge is -2.06. The number of rotatable bonds is 4. The maximum absolute atomic E-state index is 10.7. The second-order valence-corrected chi connectivity index (χ2v) is 3.43. The lowest BCUT2D eigenvalue weighted by atomic mass is 10.2. The Bertz CT molecular complexity index is 307. The average molecular weight is 194 g/mol. The van der Waals surface area contributed by atoms with Crippen LogP contribution in [0.25, 0.3) is 0 Å². The Morgan fingerprint density at radius 1 is 1.50 bits per heavy atom. The molecule has 0 fully saturated rings. The van der Waals surface area contributed by atoms with Crippen LogP contribution in [-0.4, -0.2) is 22.4 Å². The predicted octanol–water partition coefficient (Wildman–Crippen LogP) is 0.643. The largest absolute Gasteiger partial charge is 0.366 e. The van der Waals surface area contributed by atoms with Crippen molar-refractivity contribution in [2.45, 2.75) is 13.8 Å². The summed E-state index contributed by atoms with van der Waals surface area (Å²) in [6, 6.07) is 0. The van der Waals surface area contributed by atoms with Gasteiger partial charge in [0, 0.05) is 18.9 Å². The molecule has 1 heterocycles. The van der Waals surface area contributed by atoms with E-state index >= 15 is 0 Å². The van der Waals surface area contributed by atoms with E-state index in [0.29, 0.717) is 17.4 Å². The summed E-state index contributed by atoms with van der Waals surface area (Å²) in [6.07, 6.45) is 2.83. The van der Waals surface area contributed by atoms with Crippen LogP contribution >= 0.6 is 0 Å². The molecule has 1 aromatic heterocycles. The van der Waals surface area contributed by atoms with Crippen LogP contribution < -0.4 is 11.1 Å². The van der Waals surface area contributed by atoms with Crippen LogP contribution in [0.4, 0.5) is 5.95 Å². The van der Waals surface area contributed by atoms with Crippen molar-refractivity contribution < 1.29 is 4.79 Å². The van der Waals surface area contributed by atoms with E-state index in [1.165, 1.54) is 12.4 Å². The van der Waals surface area contributed by atoms with E-state index < -0.39 is 5.91 Å². The maximum Gasteiger partial charge on any atom is 0.251 e. The normalized spacial score (nSPS) is 10.2. The number of nitrogens with two attached hydrogens (primary N) is 1. The van der Waals surface area contributed by atoms with Gasteiger partial charge in [0.25, 0.3) is 5.91 Å². The number of hydrogen-bond acceptors (Lipinski definition) is 4. The standard InChI is InChI=1S/C9H14N4O/c1-6(2)3-11-9-12-4-7(5-13-9)8(10)14/h4-6H,3H2,1-2H3,(H2,10,14)(H,11,12,13). The van der Waals surface area contributed by atoms with E-state index in [4.69, 9.17) is 5.73 Å². The minimum atomic E-state index is -0.514. The third-order valence-corrected chi connectivity index (χ3v) is 1.60. The second-order valence-electron chi connectivity index (χ2n) is 3.43. The molecule has 0 aliphatic heterocycles. The van der Waals surface area contributed by atoms with Gasteiger partial charge in [-0.1, -0.05) is 13.8 Å². The van der Waals surface area contributed by atoms with Crippen LogP contribution in [0, 0.1) is 5.92 Å². The first-order valence-electron chi connectivity index (χ1n) is 4.45. The SMILES string of the molecule is CC(C)CNc1ncc(C(N)=O)cn1. The molecule has 0 spiro atoms. The molecule has 0 saturated carbocycles. The Hall–Kier alpha value is -1.65. The van der Waals surface area contributed by atoms with Crippen molar-refractivity contribution in [3.05, 3.63) is 18.0 Å². The summed E-state index contributed by atoms with van der Waals surface area (Å²) in [7, 11) is 0. The quantitative estimate of drug-likeness (QED) is 0.737. The van der Waals surface area contributed by atoms with Gasteiger partial charge in [0.2, 0.25) is 5.95 Å². The van der Waals surface area contributed by atoms with Crippen LogP contribution in [0.5, 0.6) is 0 Å². The highest BCUT2D eigenvalue weighted by Gasteiger charge is 2.02. The Kier molecular flexibility index (Phi) is 3.39. The molecule has 0 unspecified atom stereocenters. The Balaban J connectivity index is 2.60. The zero-order valence-electron chi connectivity index (χ0n) is 8.32. The Morgan fingerprint density at radius 2 is 2.07 bits per heavy atom. The molecule has 0 saturated heterocycles. The summed E-state index contributed by atoms with van der Waals surface area (Å²) >= 11 is 0. The minimum Gasteiger partial charge on any atom is -0.366 e. The van der Waals surface area contributed by atoms with Gasteiger partial charge in [-0.05, 0) is 5.92 Å². The van der Waals surface area contributed by atoms with Crippen molar-refractivity contribution in [2.24, 2.45) is 11.7 Å². The van der Waals surface area contributed by atoms with E-state index in [2.05, 4.69) is 29.1 Å². The number of aromatic nitrogens is 2. The highest BCUT2D eigenvalue weighted by molar-refractivity contribution is 5.92. The average Bonchev–Trinajstić information content (AvgIpc) is 2.15. The molecule has 1 aromatic rings. The smallest absolute Gasteiger partial charge is 0.251 e. The molecule has 0 aromatic carbocycles. The van der Waals surface area contributed by atoms with Crippen LogP contribution in [0.3, 0.4) is 0 Å². The van der Waals surface area contributed by atoms with Crippen molar-refractivity contribution in [2.75, 3.05) is 11.9 Å². The van der Waals surface area contributed by atoms with Gasteiger partial charge in [0.15, 0.2) is 0 Å². The van der Waals surface area contributed by atoms with E-state index in [1.54, 1.807) is 0 Å². The first-order valence-corrected chi connectivity index (χ1v) is 4.45. The first-order chi connectivity index (χ1) is 6.59. The van der Waals surface area contributed by atoms with Gasteiger partial charge in [-0.2, -0.15) is 0 Å². The summed E-state index contributed by atoms with van der Waals surface area (Å²) in [5, 5.41) is 3.04. The van der Waals surface area contributed by atoms with Crippen molar-refractivity contribution in [3.8, 4) is 0 Å².